The first kappa shape index (κ1) is 22.3. The van der Waals surface area contributed by atoms with Crippen molar-refractivity contribution in [1.29, 1.82) is 0 Å². The predicted molar refractivity (Wildman–Crippen MR) is 127 cm³/mol. The summed E-state index contributed by atoms with van der Waals surface area (Å²) in [5, 5.41) is 0. The molecule has 0 saturated heterocycles. The predicted octanol–water partition coefficient (Wildman–Crippen LogP) is 8.15. The highest BCUT2D eigenvalue weighted by molar-refractivity contribution is 5.78. The maximum atomic E-state index is 12.1. The Morgan fingerprint density at radius 2 is 1.87 bits per heavy atom. The minimum absolute atomic E-state index is 0.190. The summed E-state index contributed by atoms with van der Waals surface area (Å²) in [6.45, 7) is 13.8. The lowest BCUT2D eigenvalue weighted by Crippen LogP contribution is -2.50. The first-order valence-electron chi connectivity index (χ1n) is 13.0. The Labute approximate surface area is 186 Å². The average molecular weight is 411 g/mol. The molecule has 0 amide bonds. The highest BCUT2D eigenvalue weighted by atomic mass is 16.1. The molecule has 0 N–H and O–H groups in total. The molecule has 3 saturated carbocycles. The van der Waals surface area contributed by atoms with Gasteiger partial charge in [0.25, 0.3) is 0 Å². The molecular formula is C29H46O. The molecule has 4 aliphatic carbocycles. The Morgan fingerprint density at radius 3 is 2.57 bits per heavy atom. The van der Waals surface area contributed by atoms with Gasteiger partial charge in [0.05, 0.1) is 0 Å². The average Bonchev–Trinajstić information content (AvgIpc) is 3.04. The van der Waals surface area contributed by atoms with Crippen LogP contribution in [0, 0.1) is 46.3 Å². The third kappa shape index (κ3) is 3.57. The Hall–Kier alpha value is -0.850. The van der Waals surface area contributed by atoms with Crippen LogP contribution in [0.25, 0.3) is 0 Å². The van der Waals surface area contributed by atoms with E-state index in [1.54, 1.807) is 12.5 Å². The van der Waals surface area contributed by atoms with Gasteiger partial charge in [-0.3, -0.25) is 4.79 Å². The number of carbonyl (C=O) groups excluding carboxylic acids is 1. The standard InChI is InChI=1S/C29H46O/c1-19(2)23(21(4)30)12-10-20(3)25-14-15-26-24-13-11-22-9-7-8-17-28(22,5)27(24)16-18-29(25,26)6/h9-10,19,23-27H,7-8,11-18H2,1-6H3/t23-,24+,25-,26+,27+,28+,29-/m1/s1. The SMILES string of the molecule is CC(=O)[C@H](CC=C(C)[C@H]1CC[C@H]2[C@@H]3CCC4=CCCC[C@]4(C)[C@H]3CC[C@]12C)C(C)C. The van der Waals surface area contributed by atoms with Gasteiger partial charge in [0.2, 0.25) is 0 Å². The molecule has 0 aromatic rings. The largest absolute Gasteiger partial charge is 0.300 e. The van der Waals surface area contributed by atoms with Gasteiger partial charge in [0.15, 0.2) is 0 Å². The molecule has 168 valence electrons. The van der Waals surface area contributed by atoms with E-state index in [9.17, 15) is 4.79 Å². The van der Waals surface area contributed by atoms with Crippen molar-refractivity contribution < 1.29 is 4.79 Å². The summed E-state index contributed by atoms with van der Waals surface area (Å²) >= 11 is 0. The summed E-state index contributed by atoms with van der Waals surface area (Å²) < 4.78 is 0. The number of fused-ring (bicyclic) bond motifs is 5. The Morgan fingerprint density at radius 1 is 1.10 bits per heavy atom. The second kappa shape index (κ2) is 8.25. The van der Waals surface area contributed by atoms with E-state index in [2.05, 4.69) is 46.8 Å². The van der Waals surface area contributed by atoms with E-state index in [4.69, 9.17) is 0 Å². The van der Waals surface area contributed by atoms with E-state index in [-0.39, 0.29) is 5.92 Å². The van der Waals surface area contributed by atoms with Crippen molar-refractivity contribution in [3.8, 4) is 0 Å². The van der Waals surface area contributed by atoms with Crippen molar-refractivity contribution in [2.75, 3.05) is 0 Å². The topological polar surface area (TPSA) is 17.1 Å². The summed E-state index contributed by atoms with van der Waals surface area (Å²) in [6.07, 6.45) is 18.7. The second-order valence-electron chi connectivity index (χ2n) is 12.3. The van der Waals surface area contributed by atoms with E-state index in [0.717, 1.165) is 30.1 Å². The zero-order chi connectivity index (χ0) is 21.7. The third-order valence-electron chi connectivity index (χ3n) is 10.6. The zero-order valence-corrected chi connectivity index (χ0v) is 20.6. The highest BCUT2D eigenvalue weighted by Gasteiger charge is 2.58. The van der Waals surface area contributed by atoms with Gasteiger partial charge in [-0.05, 0) is 118 Å². The van der Waals surface area contributed by atoms with Gasteiger partial charge >= 0.3 is 0 Å². The summed E-state index contributed by atoms with van der Waals surface area (Å²) in [5.74, 6) is 4.52. The molecule has 3 fully saturated rings. The molecule has 0 aromatic heterocycles. The van der Waals surface area contributed by atoms with E-state index >= 15 is 0 Å². The van der Waals surface area contributed by atoms with Crippen LogP contribution in [0.15, 0.2) is 23.3 Å². The molecule has 30 heavy (non-hydrogen) atoms. The lowest BCUT2D eigenvalue weighted by atomic mass is 9.46. The van der Waals surface area contributed by atoms with Crippen molar-refractivity contribution in [1.82, 2.24) is 0 Å². The number of ketones is 1. The van der Waals surface area contributed by atoms with E-state index in [0.29, 0.717) is 22.5 Å². The minimum atomic E-state index is 0.190. The maximum Gasteiger partial charge on any atom is 0.133 e. The molecule has 0 aliphatic heterocycles. The number of Topliss-reactive ketones (excluding diaryl/α,β-unsaturated/α-hetero) is 1. The molecule has 0 heterocycles. The quantitative estimate of drug-likeness (QED) is 0.418. The van der Waals surface area contributed by atoms with Gasteiger partial charge < -0.3 is 0 Å². The fourth-order valence-electron chi connectivity index (χ4n) is 8.86. The Balaban J connectivity index is 1.52. The van der Waals surface area contributed by atoms with Gasteiger partial charge in [0, 0.05) is 5.92 Å². The monoisotopic (exact) mass is 410 g/mol. The van der Waals surface area contributed by atoms with Crippen LogP contribution in [0.2, 0.25) is 0 Å². The molecular weight excluding hydrogens is 364 g/mol. The van der Waals surface area contributed by atoms with Crippen molar-refractivity contribution in [3.05, 3.63) is 23.3 Å². The second-order valence-corrected chi connectivity index (χ2v) is 12.3. The molecule has 7 atom stereocenters. The number of carbonyl (C=O) groups is 1. The fourth-order valence-corrected chi connectivity index (χ4v) is 8.86. The molecule has 1 nitrogen and oxygen atoms in total. The molecule has 4 aliphatic rings. The van der Waals surface area contributed by atoms with Crippen LogP contribution >= 0.6 is 0 Å². The summed E-state index contributed by atoms with van der Waals surface area (Å²) in [6, 6.07) is 0. The van der Waals surface area contributed by atoms with E-state index in [1.807, 2.05) is 5.57 Å². The normalized spacial score (nSPS) is 42.2. The number of hydrogen-bond donors (Lipinski definition) is 0. The molecule has 0 aromatic carbocycles. The van der Waals surface area contributed by atoms with E-state index in [1.165, 1.54) is 57.8 Å². The van der Waals surface area contributed by atoms with Crippen molar-refractivity contribution >= 4 is 5.78 Å². The molecule has 0 unspecified atom stereocenters. The number of rotatable bonds is 5. The molecule has 0 bridgehead atoms. The van der Waals surface area contributed by atoms with Crippen molar-refractivity contribution in [2.24, 2.45) is 46.3 Å². The molecule has 0 radical (unpaired) electrons. The smallest absolute Gasteiger partial charge is 0.133 e. The Kier molecular flexibility index (Phi) is 6.15. The fraction of sp³-hybridized carbons (Fsp3) is 0.828. The van der Waals surface area contributed by atoms with Crippen LogP contribution in [-0.2, 0) is 4.79 Å². The van der Waals surface area contributed by atoms with Gasteiger partial charge in [0.1, 0.15) is 5.78 Å². The zero-order valence-electron chi connectivity index (χ0n) is 20.6. The van der Waals surface area contributed by atoms with Gasteiger partial charge in [-0.1, -0.05) is 51.0 Å². The molecule has 4 rings (SSSR count). The van der Waals surface area contributed by atoms with Crippen LogP contribution in [0.1, 0.15) is 106 Å². The number of hydrogen-bond acceptors (Lipinski definition) is 1. The van der Waals surface area contributed by atoms with Crippen LogP contribution in [-0.4, -0.2) is 5.78 Å². The van der Waals surface area contributed by atoms with Crippen LogP contribution in [0.4, 0.5) is 0 Å². The summed E-state index contributed by atoms with van der Waals surface area (Å²) in [5.41, 5.74) is 4.41. The van der Waals surface area contributed by atoms with Crippen molar-refractivity contribution in [3.63, 3.8) is 0 Å². The molecule has 1 heteroatoms. The lowest BCUT2D eigenvalue weighted by Gasteiger charge is -2.58. The maximum absolute atomic E-state index is 12.1. The first-order valence-corrected chi connectivity index (χ1v) is 13.0. The number of allylic oxidation sites excluding steroid dienone is 4. The van der Waals surface area contributed by atoms with Crippen molar-refractivity contribution in [2.45, 2.75) is 106 Å². The summed E-state index contributed by atoms with van der Waals surface area (Å²) in [7, 11) is 0. The lowest BCUT2D eigenvalue weighted by molar-refractivity contribution is -0.121. The highest BCUT2D eigenvalue weighted by Crippen LogP contribution is 2.67. The first-order chi connectivity index (χ1) is 14.2. The third-order valence-corrected chi connectivity index (χ3v) is 10.6. The minimum Gasteiger partial charge on any atom is -0.300 e. The Bertz CT molecular complexity index is 727. The van der Waals surface area contributed by atoms with Crippen LogP contribution in [0.3, 0.4) is 0 Å². The summed E-state index contributed by atoms with van der Waals surface area (Å²) in [4.78, 5) is 12.1. The molecule has 0 spiro atoms. The van der Waals surface area contributed by atoms with Gasteiger partial charge in [-0.25, -0.2) is 0 Å². The van der Waals surface area contributed by atoms with Crippen LogP contribution < -0.4 is 0 Å². The van der Waals surface area contributed by atoms with Gasteiger partial charge in [-0.15, -0.1) is 0 Å². The van der Waals surface area contributed by atoms with Crippen LogP contribution in [0.5, 0.6) is 0 Å². The van der Waals surface area contributed by atoms with Gasteiger partial charge in [-0.2, -0.15) is 0 Å². The van der Waals surface area contributed by atoms with E-state index < -0.39 is 0 Å².